The Labute approximate surface area is 136 Å². The fourth-order valence-electron chi connectivity index (χ4n) is 2.77. The topological polar surface area (TPSA) is 67.8 Å². The minimum atomic E-state index is -1.50. The second-order valence-corrected chi connectivity index (χ2v) is 5.94. The van der Waals surface area contributed by atoms with E-state index in [0.29, 0.717) is 13.0 Å². The number of hydrogen-bond acceptors (Lipinski definition) is 4. The van der Waals surface area contributed by atoms with E-state index in [0.717, 1.165) is 18.4 Å². The van der Waals surface area contributed by atoms with Crippen molar-refractivity contribution in [1.29, 1.82) is 0 Å². The van der Waals surface area contributed by atoms with E-state index in [9.17, 15) is 5.11 Å². The van der Waals surface area contributed by atoms with Crippen LogP contribution in [0.4, 0.5) is 0 Å². The summed E-state index contributed by atoms with van der Waals surface area (Å²) in [5.41, 5.74) is 6.83. The van der Waals surface area contributed by atoms with Gasteiger partial charge in [0.05, 0.1) is 0 Å². The zero-order valence-electron chi connectivity index (χ0n) is 13.1. The van der Waals surface area contributed by atoms with Crippen LogP contribution < -0.4 is 5.73 Å². The maximum absolute atomic E-state index is 10.5. The highest BCUT2D eigenvalue weighted by Gasteiger charge is 2.35. The summed E-state index contributed by atoms with van der Waals surface area (Å²) < 4.78 is 5.56. The summed E-state index contributed by atoms with van der Waals surface area (Å²) in [6.07, 6.45) is 2.06. The zero-order valence-corrected chi connectivity index (χ0v) is 13.1. The second-order valence-electron chi connectivity index (χ2n) is 5.94. The third kappa shape index (κ3) is 3.97. The zero-order chi connectivity index (χ0) is 16.1. The molecule has 0 spiro atoms. The number of rotatable bonds is 6. The molecule has 1 unspecified atom stereocenters. The van der Waals surface area contributed by atoms with Crippen LogP contribution in [0.15, 0.2) is 65.7 Å². The molecule has 0 saturated carbocycles. The number of ether oxygens (including phenoxy) is 1. The molecule has 2 aromatic rings. The van der Waals surface area contributed by atoms with Crippen LogP contribution in [0.1, 0.15) is 30.0 Å². The number of nitrogens with two attached hydrogens (primary N) is 1. The van der Waals surface area contributed by atoms with Crippen LogP contribution in [0.3, 0.4) is 0 Å². The molecule has 0 radical (unpaired) electrons. The van der Waals surface area contributed by atoms with Crippen molar-refractivity contribution in [2.24, 2.45) is 10.7 Å². The molecule has 0 fully saturated rings. The van der Waals surface area contributed by atoms with Gasteiger partial charge in [-0.1, -0.05) is 60.7 Å². The highest BCUT2D eigenvalue weighted by Crippen LogP contribution is 2.26. The summed E-state index contributed by atoms with van der Waals surface area (Å²) in [5.74, 6) is 0.249. The Morgan fingerprint density at radius 2 is 1.74 bits per heavy atom. The van der Waals surface area contributed by atoms with Crippen molar-refractivity contribution in [2.75, 3.05) is 6.61 Å². The molecule has 0 aromatic heterocycles. The number of aliphatic hydroxyl groups is 1. The molecule has 4 heteroatoms. The Morgan fingerprint density at radius 3 is 2.43 bits per heavy atom. The standard InChI is InChI=1S/C19H22N2O2/c20-19(22,13-7-10-15-8-3-1-4-9-15)18-21-17(14-23-18)16-11-5-2-6-12-16/h1-6,8-9,11-12,17,22H,7,10,13-14,20H2/t17-,19?/m1/s1. The second kappa shape index (κ2) is 6.94. The van der Waals surface area contributed by atoms with Crippen molar-refractivity contribution in [3.63, 3.8) is 0 Å². The molecule has 0 bridgehead atoms. The number of hydrogen-bond donors (Lipinski definition) is 2. The van der Waals surface area contributed by atoms with Crippen molar-refractivity contribution in [3.05, 3.63) is 71.8 Å². The molecule has 1 aliphatic heterocycles. The van der Waals surface area contributed by atoms with Gasteiger partial charge in [0.1, 0.15) is 12.6 Å². The molecule has 0 aliphatic carbocycles. The number of benzene rings is 2. The molecule has 120 valence electrons. The lowest BCUT2D eigenvalue weighted by Gasteiger charge is -2.22. The lowest BCUT2D eigenvalue weighted by molar-refractivity contribution is 0.0801. The van der Waals surface area contributed by atoms with Gasteiger partial charge in [0, 0.05) is 0 Å². The first kappa shape index (κ1) is 15.7. The van der Waals surface area contributed by atoms with E-state index in [-0.39, 0.29) is 11.9 Å². The highest BCUT2D eigenvalue weighted by atomic mass is 16.5. The van der Waals surface area contributed by atoms with Gasteiger partial charge < -0.3 is 9.84 Å². The minimum Gasteiger partial charge on any atom is -0.475 e. The lowest BCUT2D eigenvalue weighted by Crippen LogP contribution is -2.48. The van der Waals surface area contributed by atoms with Crippen molar-refractivity contribution < 1.29 is 9.84 Å². The van der Waals surface area contributed by atoms with Crippen LogP contribution in [-0.4, -0.2) is 23.3 Å². The Bertz CT molecular complexity index is 654. The number of aryl methyl sites for hydroxylation is 1. The minimum absolute atomic E-state index is 0.0876. The quantitative estimate of drug-likeness (QED) is 0.806. The van der Waals surface area contributed by atoms with Crippen LogP contribution in [-0.2, 0) is 11.2 Å². The maximum Gasteiger partial charge on any atom is 0.232 e. The van der Waals surface area contributed by atoms with E-state index >= 15 is 0 Å². The number of aliphatic imine (C=N–C) groups is 1. The van der Waals surface area contributed by atoms with Gasteiger partial charge in [-0.25, -0.2) is 4.99 Å². The van der Waals surface area contributed by atoms with Crippen molar-refractivity contribution >= 4 is 5.90 Å². The fraction of sp³-hybridized carbons (Fsp3) is 0.316. The van der Waals surface area contributed by atoms with Crippen LogP contribution in [0.2, 0.25) is 0 Å². The van der Waals surface area contributed by atoms with Gasteiger partial charge in [-0.05, 0) is 30.4 Å². The SMILES string of the molecule is NC(O)(CCCc1ccccc1)C1=N[C@@H](c2ccccc2)CO1. The Balaban J connectivity index is 1.59. The van der Waals surface area contributed by atoms with Crippen molar-refractivity contribution in [2.45, 2.75) is 31.0 Å². The smallest absolute Gasteiger partial charge is 0.232 e. The third-order valence-electron chi connectivity index (χ3n) is 4.07. The van der Waals surface area contributed by atoms with Gasteiger partial charge in [0.15, 0.2) is 5.72 Å². The Hall–Kier alpha value is -2.17. The molecular weight excluding hydrogens is 288 g/mol. The molecule has 3 N–H and O–H groups in total. The van der Waals surface area contributed by atoms with Gasteiger partial charge >= 0.3 is 0 Å². The van der Waals surface area contributed by atoms with Gasteiger partial charge in [0.2, 0.25) is 5.90 Å². The van der Waals surface area contributed by atoms with E-state index in [2.05, 4.69) is 17.1 Å². The fourth-order valence-corrected chi connectivity index (χ4v) is 2.77. The summed E-state index contributed by atoms with van der Waals surface area (Å²) in [6.45, 7) is 0.428. The predicted octanol–water partition coefficient (Wildman–Crippen LogP) is 2.83. The first-order valence-corrected chi connectivity index (χ1v) is 7.96. The molecule has 0 amide bonds. The van der Waals surface area contributed by atoms with E-state index in [4.69, 9.17) is 10.5 Å². The maximum atomic E-state index is 10.5. The van der Waals surface area contributed by atoms with E-state index in [1.807, 2.05) is 48.5 Å². The van der Waals surface area contributed by atoms with Crippen LogP contribution in [0.25, 0.3) is 0 Å². The molecule has 1 aliphatic rings. The van der Waals surface area contributed by atoms with Gasteiger partial charge in [-0.15, -0.1) is 0 Å². The predicted molar refractivity (Wildman–Crippen MR) is 91.1 cm³/mol. The lowest BCUT2D eigenvalue weighted by atomic mass is 10.0. The number of nitrogens with zero attached hydrogens (tertiary/aromatic N) is 1. The first-order chi connectivity index (χ1) is 11.1. The van der Waals surface area contributed by atoms with Crippen LogP contribution >= 0.6 is 0 Å². The van der Waals surface area contributed by atoms with Crippen molar-refractivity contribution in [1.82, 2.24) is 0 Å². The monoisotopic (exact) mass is 310 g/mol. The van der Waals surface area contributed by atoms with Crippen molar-refractivity contribution in [3.8, 4) is 0 Å². The molecule has 4 nitrogen and oxygen atoms in total. The first-order valence-electron chi connectivity index (χ1n) is 7.96. The van der Waals surface area contributed by atoms with E-state index in [1.54, 1.807) is 0 Å². The Kier molecular flexibility index (Phi) is 4.74. The van der Waals surface area contributed by atoms with E-state index in [1.165, 1.54) is 5.56 Å². The summed E-state index contributed by atoms with van der Waals surface area (Å²) in [7, 11) is 0. The van der Waals surface area contributed by atoms with Gasteiger partial charge in [-0.2, -0.15) is 0 Å². The average Bonchev–Trinajstić information content (AvgIpc) is 3.07. The molecule has 3 rings (SSSR count). The summed E-state index contributed by atoms with van der Waals surface area (Å²) in [5, 5.41) is 10.5. The summed E-state index contributed by atoms with van der Waals surface area (Å²) in [4.78, 5) is 4.48. The average molecular weight is 310 g/mol. The highest BCUT2D eigenvalue weighted by molar-refractivity contribution is 5.85. The van der Waals surface area contributed by atoms with Crippen LogP contribution in [0, 0.1) is 0 Å². The molecule has 23 heavy (non-hydrogen) atoms. The summed E-state index contributed by atoms with van der Waals surface area (Å²) in [6, 6.07) is 20.0. The third-order valence-corrected chi connectivity index (χ3v) is 4.07. The molecule has 0 saturated heterocycles. The summed E-state index contributed by atoms with van der Waals surface area (Å²) >= 11 is 0. The molecule has 1 heterocycles. The molecular formula is C19H22N2O2. The molecule has 2 atom stereocenters. The van der Waals surface area contributed by atoms with E-state index < -0.39 is 5.72 Å². The largest absolute Gasteiger partial charge is 0.475 e. The van der Waals surface area contributed by atoms with Gasteiger partial charge in [-0.3, -0.25) is 5.73 Å². The normalized spacial score (nSPS) is 19.7. The Morgan fingerprint density at radius 1 is 1.09 bits per heavy atom. The van der Waals surface area contributed by atoms with Crippen LogP contribution in [0.5, 0.6) is 0 Å². The molecule has 2 aromatic carbocycles. The van der Waals surface area contributed by atoms with Gasteiger partial charge in [0.25, 0.3) is 0 Å².